The van der Waals surface area contributed by atoms with Gasteiger partial charge in [-0.3, -0.25) is 14.4 Å². The summed E-state index contributed by atoms with van der Waals surface area (Å²) < 4.78 is 1.90. The van der Waals surface area contributed by atoms with E-state index in [0.717, 1.165) is 11.4 Å². The molecule has 0 radical (unpaired) electrons. The number of amides is 3. The molecule has 2 aromatic rings. The van der Waals surface area contributed by atoms with E-state index >= 15 is 0 Å². The van der Waals surface area contributed by atoms with Crippen LogP contribution in [0.1, 0.15) is 21.7 Å². The standard InChI is InChI=1S/C16H18N4O3/c1-9-8-12(16(23)19-13(14(17)21)15(18)22)10(2)20(9)11-6-4-3-5-7-11/h3-8,13H,1-2H3,(H2,17,21)(H2,18,22)(H,19,23). The van der Waals surface area contributed by atoms with Gasteiger partial charge < -0.3 is 21.4 Å². The number of nitrogens with two attached hydrogens (primary N) is 2. The molecule has 120 valence electrons. The number of aryl methyl sites for hydroxylation is 1. The number of carbonyl (C=O) groups excluding carboxylic acids is 3. The van der Waals surface area contributed by atoms with Crippen LogP contribution in [-0.4, -0.2) is 28.3 Å². The lowest BCUT2D eigenvalue weighted by molar-refractivity contribution is -0.128. The van der Waals surface area contributed by atoms with Crippen LogP contribution < -0.4 is 16.8 Å². The molecule has 1 aromatic heterocycles. The zero-order valence-electron chi connectivity index (χ0n) is 12.9. The van der Waals surface area contributed by atoms with E-state index in [-0.39, 0.29) is 0 Å². The van der Waals surface area contributed by atoms with E-state index in [1.165, 1.54) is 0 Å². The Morgan fingerprint density at radius 3 is 2.13 bits per heavy atom. The van der Waals surface area contributed by atoms with Crippen LogP contribution in [-0.2, 0) is 9.59 Å². The second-order valence-electron chi connectivity index (χ2n) is 5.17. The molecule has 0 aliphatic carbocycles. The number of nitrogens with zero attached hydrogens (tertiary/aromatic N) is 1. The summed E-state index contributed by atoms with van der Waals surface area (Å²) in [7, 11) is 0. The van der Waals surface area contributed by atoms with Crippen molar-refractivity contribution < 1.29 is 14.4 Å². The van der Waals surface area contributed by atoms with Crippen molar-refractivity contribution in [2.45, 2.75) is 19.9 Å². The predicted molar refractivity (Wildman–Crippen MR) is 84.9 cm³/mol. The van der Waals surface area contributed by atoms with E-state index in [9.17, 15) is 14.4 Å². The van der Waals surface area contributed by atoms with Gasteiger partial charge in [0.25, 0.3) is 5.91 Å². The van der Waals surface area contributed by atoms with Gasteiger partial charge in [0.05, 0.1) is 5.56 Å². The topological polar surface area (TPSA) is 120 Å². The highest BCUT2D eigenvalue weighted by molar-refractivity contribution is 6.08. The first kappa shape index (κ1) is 16.3. The Kier molecular flexibility index (Phi) is 4.49. The smallest absolute Gasteiger partial charge is 0.254 e. The minimum absolute atomic E-state index is 0.346. The lowest BCUT2D eigenvalue weighted by Gasteiger charge is -2.12. The zero-order valence-corrected chi connectivity index (χ0v) is 12.9. The van der Waals surface area contributed by atoms with Crippen LogP contribution in [0.2, 0.25) is 0 Å². The molecule has 1 aromatic carbocycles. The minimum atomic E-state index is -1.54. The van der Waals surface area contributed by atoms with Crippen molar-refractivity contribution in [3.63, 3.8) is 0 Å². The van der Waals surface area contributed by atoms with Gasteiger partial charge in [0.15, 0.2) is 6.04 Å². The number of carbonyl (C=O) groups is 3. The molecule has 7 heteroatoms. The highest BCUT2D eigenvalue weighted by Crippen LogP contribution is 2.20. The molecular weight excluding hydrogens is 296 g/mol. The highest BCUT2D eigenvalue weighted by atomic mass is 16.2. The van der Waals surface area contributed by atoms with Gasteiger partial charge in [0, 0.05) is 17.1 Å². The van der Waals surface area contributed by atoms with Crippen LogP contribution >= 0.6 is 0 Å². The summed E-state index contributed by atoms with van der Waals surface area (Å²) in [6.45, 7) is 3.63. The second-order valence-corrected chi connectivity index (χ2v) is 5.17. The average Bonchev–Trinajstić information content (AvgIpc) is 2.79. The molecule has 3 amide bonds. The number of aromatic nitrogens is 1. The molecule has 2 rings (SSSR count). The van der Waals surface area contributed by atoms with Crippen LogP contribution in [0, 0.1) is 13.8 Å². The summed E-state index contributed by atoms with van der Waals surface area (Å²) in [5.74, 6) is -2.58. The second kappa shape index (κ2) is 6.35. The number of rotatable bonds is 5. The Bertz CT molecular complexity index is 751. The van der Waals surface area contributed by atoms with Gasteiger partial charge >= 0.3 is 0 Å². The molecule has 0 unspecified atom stereocenters. The van der Waals surface area contributed by atoms with Crippen molar-refractivity contribution in [3.05, 3.63) is 53.3 Å². The van der Waals surface area contributed by atoms with E-state index in [2.05, 4.69) is 5.32 Å². The Balaban J connectivity index is 2.37. The fourth-order valence-electron chi connectivity index (χ4n) is 2.46. The maximum Gasteiger partial charge on any atom is 0.254 e. The van der Waals surface area contributed by atoms with E-state index in [4.69, 9.17) is 11.5 Å². The lowest BCUT2D eigenvalue weighted by Crippen LogP contribution is -2.52. The zero-order chi connectivity index (χ0) is 17.1. The molecular formula is C16H18N4O3. The fraction of sp³-hybridized carbons (Fsp3) is 0.188. The van der Waals surface area contributed by atoms with Gasteiger partial charge in [-0.1, -0.05) is 18.2 Å². The molecule has 7 nitrogen and oxygen atoms in total. The molecule has 0 fully saturated rings. The first-order valence-corrected chi connectivity index (χ1v) is 6.96. The van der Waals surface area contributed by atoms with Crippen LogP contribution in [0.3, 0.4) is 0 Å². The summed E-state index contributed by atoms with van der Waals surface area (Å²) in [4.78, 5) is 34.7. The molecule has 0 saturated carbocycles. The van der Waals surface area contributed by atoms with Crippen LogP contribution in [0.4, 0.5) is 0 Å². The number of primary amides is 2. The quantitative estimate of drug-likeness (QED) is 0.682. The van der Waals surface area contributed by atoms with Gasteiger partial charge in [-0.15, -0.1) is 0 Å². The Hall–Kier alpha value is -3.09. The monoisotopic (exact) mass is 314 g/mol. The van der Waals surface area contributed by atoms with Crippen molar-refractivity contribution in [2.75, 3.05) is 0 Å². The largest absolute Gasteiger partial charge is 0.367 e. The Morgan fingerprint density at radius 1 is 1.04 bits per heavy atom. The third-order valence-electron chi connectivity index (χ3n) is 3.53. The highest BCUT2D eigenvalue weighted by Gasteiger charge is 2.26. The molecule has 5 N–H and O–H groups in total. The van der Waals surface area contributed by atoms with E-state index in [0.29, 0.717) is 11.3 Å². The van der Waals surface area contributed by atoms with Gasteiger partial charge in [0.2, 0.25) is 11.8 Å². The van der Waals surface area contributed by atoms with Crippen molar-refractivity contribution in [1.29, 1.82) is 0 Å². The molecule has 0 bridgehead atoms. The number of hydrogen-bond acceptors (Lipinski definition) is 3. The molecule has 0 aliphatic heterocycles. The van der Waals surface area contributed by atoms with Gasteiger partial charge in [0.1, 0.15) is 0 Å². The van der Waals surface area contributed by atoms with Crippen molar-refractivity contribution in [1.82, 2.24) is 9.88 Å². The number of hydrogen-bond donors (Lipinski definition) is 3. The van der Waals surface area contributed by atoms with E-state index in [1.54, 1.807) is 13.0 Å². The fourth-order valence-corrected chi connectivity index (χ4v) is 2.46. The van der Waals surface area contributed by atoms with Crippen molar-refractivity contribution >= 4 is 17.7 Å². The van der Waals surface area contributed by atoms with Crippen molar-refractivity contribution in [3.8, 4) is 5.69 Å². The number of nitrogens with one attached hydrogen (secondary N) is 1. The number of para-hydroxylation sites is 1. The lowest BCUT2D eigenvalue weighted by atomic mass is 10.2. The van der Waals surface area contributed by atoms with Crippen LogP contribution in [0.5, 0.6) is 0 Å². The summed E-state index contributed by atoms with van der Waals surface area (Å²) in [5.41, 5.74) is 12.9. The maximum atomic E-state index is 12.3. The third-order valence-corrected chi connectivity index (χ3v) is 3.53. The number of benzene rings is 1. The van der Waals surface area contributed by atoms with Crippen LogP contribution in [0.25, 0.3) is 5.69 Å². The predicted octanol–water partition coefficient (Wildman–Crippen LogP) is 0.163. The molecule has 0 atom stereocenters. The summed E-state index contributed by atoms with van der Waals surface area (Å²) >= 11 is 0. The molecule has 0 spiro atoms. The SMILES string of the molecule is Cc1cc(C(=O)NC(C(N)=O)C(N)=O)c(C)n1-c1ccccc1. The van der Waals surface area contributed by atoms with E-state index in [1.807, 2.05) is 41.8 Å². The Labute approximate surface area is 133 Å². The maximum absolute atomic E-state index is 12.3. The normalized spacial score (nSPS) is 10.6. The first-order chi connectivity index (χ1) is 10.8. The summed E-state index contributed by atoms with van der Waals surface area (Å²) in [6, 6.07) is 9.65. The van der Waals surface area contributed by atoms with Crippen LogP contribution in [0.15, 0.2) is 36.4 Å². The van der Waals surface area contributed by atoms with Crippen molar-refractivity contribution in [2.24, 2.45) is 11.5 Å². The summed E-state index contributed by atoms with van der Waals surface area (Å²) in [5, 5.41) is 2.26. The molecule has 23 heavy (non-hydrogen) atoms. The minimum Gasteiger partial charge on any atom is -0.367 e. The van der Waals surface area contributed by atoms with Gasteiger partial charge in [-0.25, -0.2) is 0 Å². The first-order valence-electron chi connectivity index (χ1n) is 6.96. The Morgan fingerprint density at radius 2 is 1.61 bits per heavy atom. The van der Waals surface area contributed by atoms with Gasteiger partial charge in [-0.05, 0) is 32.0 Å². The van der Waals surface area contributed by atoms with Gasteiger partial charge in [-0.2, -0.15) is 0 Å². The molecule has 0 saturated heterocycles. The molecule has 0 aliphatic rings. The average molecular weight is 314 g/mol. The summed E-state index contributed by atoms with van der Waals surface area (Å²) in [6.07, 6.45) is 0. The molecule has 1 heterocycles. The van der Waals surface area contributed by atoms with E-state index < -0.39 is 23.8 Å². The third kappa shape index (κ3) is 3.23.